The highest BCUT2D eigenvalue weighted by Gasteiger charge is 2.22. The molecule has 0 radical (unpaired) electrons. The first kappa shape index (κ1) is 15.1. The van der Waals surface area contributed by atoms with Crippen molar-refractivity contribution in [2.75, 3.05) is 11.9 Å². The lowest BCUT2D eigenvalue weighted by molar-refractivity contribution is -0.727. The molecule has 1 saturated heterocycles. The zero-order valence-electron chi connectivity index (χ0n) is 13.4. The molecule has 0 aromatic carbocycles. The highest BCUT2D eigenvalue weighted by Crippen LogP contribution is 2.35. The third kappa shape index (κ3) is 2.98. The van der Waals surface area contributed by atoms with Crippen molar-refractivity contribution < 1.29 is 4.68 Å². The molecule has 4 rings (SSSR count). The molecule has 3 aromatic heterocycles. The number of hydrogen-bond donors (Lipinski definition) is 2. The minimum Gasteiger partial charge on any atom is -0.374 e. The van der Waals surface area contributed by atoms with Gasteiger partial charge >= 0.3 is 0 Å². The van der Waals surface area contributed by atoms with Crippen molar-refractivity contribution in [1.29, 1.82) is 0 Å². The molecule has 1 aliphatic rings. The maximum absolute atomic E-state index is 4.72. The Morgan fingerprint density at radius 3 is 3.04 bits per heavy atom. The van der Waals surface area contributed by atoms with Gasteiger partial charge in [0.15, 0.2) is 12.6 Å². The van der Waals surface area contributed by atoms with Crippen molar-refractivity contribution in [2.45, 2.75) is 32.4 Å². The molecule has 1 fully saturated rings. The first-order chi connectivity index (χ1) is 11.2. The standard InChI is InChI=1S/C17H21N4S2/c1-11-15(8-12-5-6-18-12)23-17-14(10-21(2)20-16(11)17)19-9-13-4-3-7-22-13/h3-4,7,10,12,18H,5-6,8-9H2,1-2H3,(H,19,20)/q+1/t12-/m0/s1. The summed E-state index contributed by atoms with van der Waals surface area (Å²) in [6.45, 7) is 4.24. The predicted octanol–water partition coefficient (Wildman–Crippen LogP) is 3.01. The minimum atomic E-state index is 0.651. The summed E-state index contributed by atoms with van der Waals surface area (Å²) in [5.41, 5.74) is 3.67. The van der Waals surface area contributed by atoms with Crippen molar-refractivity contribution in [3.05, 3.63) is 39.0 Å². The van der Waals surface area contributed by atoms with Gasteiger partial charge in [-0.2, -0.15) is 0 Å². The fraction of sp³-hybridized carbons (Fsp3) is 0.412. The molecule has 23 heavy (non-hydrogen) atoms. The largest absolute Gasteiger partial charge is 0.374 e. The Kier molecular flexibility index (Phi) is 4.05. The number of thiophene rings is 2. The molecule has 1 aliphatic heterocycles. The number of hydrogen-bond acceptors (Lipinski definition) is 5. The van der Waals surface area contributed by atoms with Gasteiger partial charge in [0.05, 0.1) is 4.70 Å². The maximum Gasteiger partial charge on any atom is 0.220 e. The number of anilines is 1. The molecule has 0 saturated carbocycles. The number of rotatable bonds is 5. The van der Waals surface area contributed by atoms with Crippen molar-refractivity contribution in [2.24, 2.45) is 7.05 Å². The van der Waals surface area contributed by atoms with Crippen LogP contribution in [0.1, 0.15) is 21.7 Å². The third-order valence-electron chi connectivity index (χ3n) is 4.42. The molecule has 4 nitrogen and oxygen atoms in total. The molecular formula is C17H21N4S2+. The van der Waals surface area contributed by atoms with E-state index in [0.717, 1.165) is 25.0 Å². The summed E-state index contributed by atoms with van der Waals surface area (Å²) in [6.07, 6.45) is 4.51. The van der Waals surface area contributed by atoms with Crippen LogP contribution in [-0.4, -0.2) is 17.7 Å². The monoisotopic (exact) mass is 345 g/mol. The van der Waals surface area contributed by atoms with Gasteiger partial charge in [0.1, 0.15) is 5.69 Å². The lowest BCUT2D eigenvalue weighted by Gasteiger charge is -2.27. The lowest BCUT2D eigenvalue weighted by Crippen LogP contribution is -2.44. The van der Waals surface area contributed by atoms with Gasteiger partial charge in [-0.3, -0.25) is 0 Å². The van der Waals surface area contributed by atoms with Crippen LogP contribution in [-0.2, 0) is 20.0 Å². The Morgan fingerprint density at radius 2 is 2.35 bits per heavy atom. The van der Waals surface area contributed by atoms with Crippen LogP contribution >= 0.6 is 22.7 Å². The van der Waals surface area contributed by atoms with Crippen LogP contribution in [0.4, 0.5) is 5.69 Å². The van der Waals surface area contributed by atoms with Crippen LogP contribution in [0, 0.1) is 6.92 Å². The molecule has 0 amide bonds. The average Bonchev–Trinajstić information content (AvgIpc) is 3.10. The Balaban J connectivity index is 1.66. The predicted molar refractivity (Wildman–Crippen MR) is 97.3 cm³/mol. The summed E-state index contributed by atoms with van der Waals surface area (Å²) in [7, 11) is 2.00. The summed E-state index contributed by atoms with van der Waals surface area (Å²) >= 11 is 3.69. The summed E-state index contributed by atoms with van der Waals surface area (Å²) < 4.78 is 3.20. The molecule has 0 aliphatic carbocycles. The van der Waals surface area contributed by atoms with Gasteiger partial charge in [-0.25, -0.2) is 0 Å². The van der Waals surface area contributed by atoms with Gasteiger partial charge in [-0.1, -0.05) is 10.7 Å². The summed E-state index contributed by atoms with van der Waals surface area (Å²) in [5.74, 6) is 0. The quantitative estimate of drug-likeness (QED) is 0.699. The molecule has 2 N–H and O–H groups in total. The van der Waals surface area contributed by atoms with E-state index in [1.54, 1.807) is 11.3 Å². The van der Waals surface area contributed by atoms with Crippen molar-refractivity contribution in [3.8, 4) is 0 Å². The molecule has 0 spiro atoms. The summed E-state index contributed by atoms with van der Waals surface area (Å²) in [6, 6.07) is 4.92. The van der Waals surface area contributed by atoms with Crippen molar-refractivity contribution in [1.82, 2.24) is 10.4 Å². The zero-order valence-corrected chi connectivity index (χ0v) is 15.1. The molecular weight excluding hydrogens is 324 g/mol. The van der Waals surface area contributed by atoms with E-state index in [2.05, 4.69) is 41.3 Å². The van der Waals surface area contributed by atoms with Gasteiger partial charge in [0.2, 0.25) is 6.20 Å². The fourth-order valence-electron chi connectivity index (χ4n) is 2.95. The molecule has 6 heteroatoms. The van der Waals surface area contributed by atoms with Crippen LogP contribution < -0.4 is 15.3 Å². The van der Waals surface area contributed by atoms with Gasteiger partial charge in [-0.15, -0.1) is 22.7 Å². The van der Waals surface area contributed by atoms with E-state index in [1.165, 1.54) is 32.1 Å². The van der Waals surface area contributed by atoms with Crippen molar-refractivity contribution in [3.63, 3.8) is 0 Å². The topological polar surface area (TPSA) is 40.8 Å². The van der Waals surface area contributed by atoms with Crippen LogP contribution in [0.5, 0.6) is 0 Å². The zero-order chi connectivity index (χ0) is 15.8. The molecule has 4 heterocycles. The number of fused-ring (bicyclic) bond motifs is 1. The van der Waals surface area contributed by atoms with E-state index < -0.39 is 0 Å². The van der Waals surface area contributed by atoms with E-state index >= 15 is 0 Å². The number of nitrogens with one attached hydrogen (secondary N) is 2. The van der Waals surface area contributed by atoms with Crippen LogP contribution in [0.2, 0.25) is 0 Å². The van der Waals surface area contributed by atoms with Crippen LogP contribution in [0.3, 0.4) is 0 Å². The highest BCUT2D eigenvalue weighted by atomic mass is 32.1. The third-order valence-corrected chi connectivity index (χ3v) is 6.64. The first-order valence-corrected chi connectivity index (χ1v) is 9.69. The highest BCUT2D eigenvalue weighted by molar-refractivity contribution is 7.19. The second-order valence-corrected chi connectivity index (χ2v) is 8.26. The Labute approximate surface area is 144 Å². The second-order valence-electron chi connectivity index (χ2n) is 6.12. The van der Waals surface area contributed by atoms with Crippen LogP contribution in [0.15, 0.2) is 23.7 Å². The van der Waals surface area contributed by atoms with Crippen LogP contribution in [0.25, 0.3) is 10.2 Å². The van der Waals surface area contributed by atoms with Gasteiger partial charge in [-0.05, 0) is 43.3 Å². The van der Waals surface area contributed by atoms with E-state index in [4.69, 9.17) is 5.10 Å². The summed E-state index contributed by atoms with van der Waals surface area (Å²) in [5, 5.41) is 13.9. The van der Waals surface area contributed by atoms with Crippen molar-refractivity contribution >= 4 is 38.6 Å². The fourth-order valence-corrected chi connectivity index (χ4v) is 4.90. The Morgan fingerprint density at radius 1 is 1.48 bits per heavy atom. The molecule has 120 valence electrons. The number of aromatic nitrogens is 2. The number of aryl methyl sites for hydroxylation is 2. The number of nitrogens with zero attached hydrogens (tertiary/aromatic N) is 2. The maximum atomic E-state index is 4.72. The Hall–Kier alpha value is -1.50. The van der Waals surface area contributed by atoms with E-state index in [-0.39, 0.29) is 0 Å². The minimum absolute atomic E-state index is 0.651. The second kappa shape index (κ2) is 6.19. The average molecular weight is 346 g/mol. The van der Waals surface area contributed by atoms with Gasteiger partial charge < -0.3 is 10.6 Å². The molecule has 0 bridgehead atoms. The Bertz CT molecular complexity index is 819. The van der Waals surface area contributed by atoms with Gasteiger partial charge in [0.25, 0.3) is 0 Å². The molecule has 3 aromatic rings. The van der Waals surface area contributed by atoms with E-state index in [9.17, 15) is 0 Å². The first-order valence-electron chi connectivity index (χ1n) is 7.99. The lowest BCUT2D eigenvalue weighted by atomic mass is 10.0. The smallest absolute Gasteiger partial charge is 0.220 e. The van der Waals surface area contributed by atoms with Gasteiger partial charge in [0, 0.05) is 27.4 Å². The molecule has 0 unspecified atom stereocenters. The van der Waals surface area contributed by atoms with E-state index in [0.29, 0.717) is 6.04 Å². The normalized spacial score (nSPS) is 17.4. The molecule has 1 atom stereocenters. The SMILES string of the molecule is Cc1c(C[C@@H]2CCN2)sc2c(NCc3cccs3)c[n+](C)nc12. The summed E-state index contributed by atoms with van der Waals surface area (Å²) in [4.78, 5) is 2.82. The van der Waals surface area contributed by atoms with E-state index in [1.807, 2.05) is 23.1 Å².